The maximum atomic E-state index is 12.9. The summed E-state index contributed by atoms with van der Waals surface area (Å²) < 4.78 is 69.6. The summed E-state index contributed by atoms with van der Waals surface area (Å²) in [5, 5.41) is 11.4. The molecule has 0 aliphatic rings. The minimum Gasteiger partial charge on any atom is -0.398 e. The van der Waals surface area contributed by atoms with Crippen LogP contribution in [0.25, 0.3) is 0 Å². The first-order valence-electron chi connectivity index (χ1n) is 8.36. The number of likely N-dealkylation sites (N-methyl/N-ethyl adjacent to an activating group) is 1. The summed E-state index contributed by atoms with van der Waals surface area (Å²) in [5.74, 6) is -1.25. The lowest BCUT2D eigenvalue weighted by Gasteiger charge is -2.23. The van der Waals surface area contributed by atoms with Gasteiger partial charge in [-0.15, -0.1) is 13.2 Å². The lowest BCUT2D eigenvalue weighted by atomic mass is 10.1. The Hall–Kier alpha value is -2.12. The maximum Gasteiger partial charge on any atom is 0.573 e. The number of rotatable bonds is 8. The predicted octanol–water partition coefficient (Wildman–Crippen LogP) is 4.38. The van der Waals surface area contributed by atoms with Crippen LogP contribution in [0.4, 0.5) is 18.9 Å². The van der Waals surface area contributed by atoms with Crippen molar-refractivity contribution in [3.8, 4) is 5.75 Å². The van der Waals surface area contributed by atoms with Gasteiger partial charge in [0.2, 0.25) is 15.8 Å². The molecule has 2 rings (SSSR count). The highest BCUT2D eigenvalue weighted by Gasteiger charge is 2.35. The lowest BCUT2D eigenvalue weighted by Crippen LogP contribution is -2.35. The molecule has 0 amide bonds. The van der Waals surface area contributed by atoms with Crippen molar-refractivity contribution in [2.24, 2.45) is 0 Å². The van der Waals surface area contributed by atoms with Gasteiger partial charge in [0.05, 0.1) is 25.9 Å². The van der Waals surface area contributed by atoms with E-state index in [2.05, 4.69) is 9.46 Å². The topological polar surface area (TPSA) is 102 Å². The van der Waals surface area contributed by atoms with Crippen LogP contribution >= 0.6 is 23.2 Å². The third-order valence-corrected chi connectivity index (χ3v) is 6.06. The van der Waals surface area contributed by atoms with E-state index in [0.717, 1.165) is 6.07 Å². The molecule has 0 saturated carbocycles. The fraction of sp³-hybridized carbons (Fsp3) is 0.294. The minimum absolute atomic E-state index is 0.163. The molecule has 170 valence electrons. The summed E-state index contributed by atoms with van der Waals surface area (Å²) >= 11 is 11.9. The number of ether oxygens (including phenoxy) is 1. The first-order chi connectivity index (χ1) is 14.2. The van der Waals surface area contributed by atoms with E-state index in [9.17, 15) is 31.7 Å². The molecule has 31 heavy (non-hydrogen) atoms. The second-order valence-corrected chi connectivity index (χ2v) is 9.07. The Morgan fingerprint density at radius 2 is 1.81 bits per heavy atom. The Kier molecular flexibility index (Phi) is 7.76. The van der Waals surface area contributed by atoms with Crippen LogP contribution in [0, 0.1) is 10.1 Å². The third kappa shape index (κ3) is 6.94. The average molecular weight is 502 g/mol. The van der Waals surface area contributed by atoms with Crippen molar-refractivity contribution in [2.45, 2.75) is 17.3 Å². The summed E-state index contributed by atoms with van der Waals surface area (Å²) in [7, 11) is -1.06. The monoisotopic (exact) mass is 501 g/mol. The van der Waals surface area contributed by atoms with Gasteiger partial charge in [0.1, 0.15) is 0 Å². The molecule has 0 bridgehead atoms. The van der Waals surface area contributed by atoms with Crippen LogP contribution in [0.15, 0.2) is 41.3 Å². The molecule has 0 saturated heterocycles. The molecular weight excluding hydrogens is 486 g/mol. The molecule has 8 nitrogen and oxygen atoms in total. The number of nitro groups is 1. The second kappa shape index (κ2) is 9.57. The Morgan fingerprint density at radius 1 is 1.16 bits per heavy atom. The van der Waals surface area contributed by atoms with Gasteiger partial charge in [-0.2, -0.15) is 0 Å². The Bertz CT molecular complexity index is 1080. The SMILES string of the molecule is CN(C)CC(NS(=O)(=O)c1ccc([N+](=O)[O-])c(OC(F)(F)F)c1)c1ccc(Cl)c(Cl)c1. The van der Waals surface area contributed by atoms with E-state index in [1.54, 1.807) is 25.1 Å². The first kappa shape index (κ1) is 25.1. The Labute approximate surface area is 185 Å². The van der Waals surface area contributed by atoms with E-state index in [0.29, 0.717) is 17.7 Å². The van der Waals surface area contributed by atoms with E-state index in [4.69, 9.17) is 23.2 Å². The number of sulfonamides is 1. The molecule has 2 aromatic rings. The number of alkyl halides is 3. The number of hydrogen-bond donors (Lipinski definition) is 1. The van der Waals surface area contributed by atoms with E-state index in [1.807, 2.05) is 0 Å². The van der Waals surface area contributed by atoms with Crippen molar-refractivity contribution < 1.29 is 31.2 Å². The fourth-order valence-corrected chi connectivity index (χ4v) is 4.12. The summed E-state index contributed by atoms with van der Waals surface area (Å²) in [6.07, 6.45) is -5.26. The molecule has 0 fully saturated rings. The maximum absolute atomic E-state index is 12.9. The van der Waals surface area contributed by atoms with E-state index in [1.165, 1.54) is 12.1 Å². The molecule has 1 atom stereocenters. The van der Waals surface area contributed by atoms with Gasteiger partial charge in [0.15, 0.2) is 0 Å². The summed E-state index contributed by atoms with van der Waals surface area (Å²) in [4.78, 5) is 10.9. The minimum atomic E-state index is -5.26. The Balaban J connectivity index is 2.46. The molecule has 1 unspecified atom stereocenters. The number of nitro benzene ring substituents is 1. The van der Waals surface area contributed by atoms with Crippen LogP contribution < -0.4 is 9.46 Å². The standard InChI is InChI=1S/C17H16Cl2F3N3O5S/c1-24(2)9-14(10-3-5-12(18)13(19)7-10)23-31(28,29)11-4-6-15(25(26)27)16(8-11)30-17(20,21)22/h3-8,14,23H,9H2,1-2H3. The van der Waals surface area contributed by atoms with E-state index < -0.39 is 43.7 Å². The Morgan fingerprint density at radius 3 is 2.32 bits per heavy atom. The van der Waals surface area contributed by atoms with Gasteiger partial charge in [0.25, 0.3) is 0 Å². The fourth-order valence-electron chi connectivity index (χ4n) is 2.58. The molecule has 0 radical (unpaired) electrons. The van der Waals surface area contributed by atoms with Crippen molar-refractivity contribution in [1.29, 1.82) is 0 Å². The van der Waals surface area contributed by atoms with Crippen molar-refractivity contribution in [3.05, 3.63) is 62.1 Å². The molecule has 0 spiro atoms. The van der Waals surface area contributed by atoms with Crippen LogP contribution in [-0.2, 0) is 10.0 Å². The zero-order valence-corrected chi connectivity index (χ0v) is 18.3. The van der Waals surface area contributed by atoms with Crippen molar-refractivity contribution in [2.75, 3.05) is 20.6 Å². The van der Waals surface area contributed by atoms with Gasteiger partial charge in [-0.25, -0.2) is 13.1 Å². The average Bonchev–Trinajstić information content (AvgIpc) is 2.61. The van der Waals surface area contributed by atoms with Gasteiger partial charge < -0.3 is 9.64 Å². The molecular formula is C17H16Cl2F3N3O5S. The zero-order valence-electron chi connectivity index (χ0n) is 16.0. The quantitative estimate of drug-likeness (QED) is 0.425. The number of benzene rings is 2. The lowest BCUT2D eigenvalue weighted by molar-refractivity contribution is -0.388. The van der Waals surface area contributed by atoms with Crippen LogP contribution in [0.5, 0.6) is 5.75 Å². The van der Waals surface area contributed by atoms with Gasteiger partial charge in [0, 0.05) is 18.7 Å². The normalized spacial score (nSPS) is 13.3. The molecule has 0 aliphatic heterocycles. The van der Waals surface area contributed by atoms with Crippen LogP contribution in [0.3, 0.4) is 0 Å². The molecule has 0 aromatic heterocycles. The smallest absolute Gasteiger partial charge is 0.398 e. The van der Waals surface area contributed by atoms with Crippen molar-refractivity contribution in [3.63, 3.8) is 0 Å². The summed E-state index contributed by atoms with van der Waals surface area (Å²) in [5.41, 5.74) is -0.592. The molecule has 14 heteroatoms. The summed E-state index contributed by atoms with van der Waals surface area (Å²) in [6.45, 7) is 0.163. The molecule has 0 heterocycles. The molecule has 0 aliphatic carbocycles. The van der Waals surface area contributed by atoms with Crippen LogP contribution in [-0.4, -0.2) is 45.2 Å². The highest BCUT2D eigenvalue weighted by atomic mass is 35.5. The number of hydrogen-bond acceptors (Lipinski definition) is 6. The van der Waals surface area contributed by atoms with Crippen molar-refractivity contribution in [1.82, 2.24) is 9.62 Å². The number of nitrogens with zero attached hydrogens (tertiary/aromatic N) is 2. The van der Waals surface area contributed by atoms with Crippen LogP contribution in [0.2, 0.25) is 10.0 Å². The van der Waals surface area contributed by atoms with E-state index >= 15 is 0 Å². The summed E-state index contributed by atoms with van der Waals surface area (Å²) in [6, 6.07) is 5.47. The van der Waals surface area contributed by atoms with Gasteiger partial charge in [-0.3, -0.25) is 10.1 Å². The second-order valence-electron chi connectivity index (χ2n) is 6.54. The highest BCUT2D eigenvalue weighted by molar-refractivity contribution is 7.89. The molecule has 2 aromatic carbocycles. The molecule has 1 N–H and O–H groups in total. The van der Waals surface area contributed by atoms with Crippen molar-refractivity contribution >= 4 is 38.9 Å². The third-order valence-electron chi connectivity index (χ3n) is 3.86. The van der Waals surface area contributed by atoms with Gasteiger partial charge in [-0.05, 0) is 37.9 Å². The largest absolute Gasteiger partial charge is 0.573 e. The first-order valence-corrected chi connectivity index (χ1v) is 10.6. The predicted molar refractivity (Wildman–Crippen MR) is 108 cm³/mol. The zero-order chi connectivity index (χ0) is 23.6. The number of nitrogens with one attached hydrogen (secondary N) is 1. The van der Waals surface area contributed by atoms with Gasteiger partial charge >= 0.3 is 12.0 Å². The van der Waals surface area contributed by atoms with Gasteiger partial charge in [-0.1, -0.05) is 29.3 Å². The highest BCUT2D eigenvalue weighted by Crippen LogP contribution is 2.34. The van der Waals surface area contributed by atoms with E-state index in [-0.39, 0.29) is 16.6 Å². The van der Waals surface area contributed by atoms with Crippen LogP contribution in [0.1, 0.15) is 11.6 Å². The number of halogens is 5.